The van der Waals surface area contributed by atoms with E-state index in [2.05, 4.69) is 4.98 Å². The number of likely N-dealkylation sites (tertiary alicyclic amines) is 1. The van der Waals surface area contributed by atoms with Crippen LogP contribution in [0.2, 0.25) is 5.02 Å². The molecular formula is C17H17ClN2O2. The molecule has 114 valence electrons. The van der Waals surface area contributed by atoms with Crippen molar-refractivity contribution in [2.45, 2.75) is 25.3 Å². The summed E-state index contributed by atoms with van der Waals surface area (Å²) in [6.45, 7) is 0.723. The van der Waals surface area contributed by atoms with Crippen LogP contribution in [-0.2, 0) is 11.2 Å². The van der Waals surface area contributed by atoms with Crippen molar-refractivity contribution in [2.75, 3.05) is 6.54 Å². The lowest BCUT2D eigenvalue weighted by molar-refractivity contribution is -0.131. The molecule has 1 fully saturated rings. The SMILES string of the molecule is O=C(Cc1c[nH]ccc1=O)N1CCCC1c1cccc(Cl)c1. The van der Waals surface area contributed by atoms with Crippen molar-refractivity contribution in [3.63, 3.8) is 0 Å². The predicted octanol–water partition coefficient (Wildman–Crippen LogP) is 2.93. The number of pyridine rings is 1. The second-order valence-corrected chi connectivity index (χ2v) is 5.95. The van der Waals surface area contributed by atoms with Gasteiger partial charge in [-0.1, -0.05) is 23.7 Å². The van der Waals surface area contributed by atoms with Crippen LogP contribution in [0.15, 0.2) is 47.5 Å². The van der Waals surface area contributed by atoms with Gasteiger partial charge in [-0.2, -0.15) is 0 Å². The summed E-state index contributed by atoms with van der Waals surface area (Å²) in [6.07, 6.45) is 5.20. The zero-order chi connectivity index (χ0) is 15.5. The molecule has 1 unspecified atom stereocenters. The first kappa shape index (κ1) is 14.9. The summed E-state index contributed by atoms with van der Waals surface area (Å²) < 4.78 is 0. The maximum absolute atomic E-state index is 12.6. The van der Waals surface area contributed by atoms with Gasteiger partial charge < -0.3 is 9.88 Å². The fourth-order valence-corrected chi connectivity index (χ4v) is 3.18. The van der Waals surface area contributed by atoms with Crippen molar-refractivity contribution in [3.05, 3.63) is 69.1 Å². The first-order valence-corrected chi connectivity index (χ1v) is 7.74. The normalized spacial score (nSPS) is 17.7. The van der Waals surface area contributed by atoms with Gasteiger partial charge in [-0.15, -0.1) is 0 Å². The van der Waals surface area contributed by atoms with Crippen LogP contribution in [0.3, 0.4) is 0 Å². The zero-order valence-corrected chi connectivity index (χ0v) is 12.8. The van der Waals surface area contributed by atoms with Gasteiger partial charge in [0.05, 0.1) is 12.5 Å². The maximum Gasteiger partial charge on any atom is 0.227 e. The Labute approximate surface area is 133 Å². The number of halogens is 1. The molecule has 1 aliphatic rings. The number of aromatic amines is 1. The molecule has 1 aromatic carbocycles. The summed E-state index contributed by atoms with van der Waals surface area (Å²) in [5.74, 6) is -0.0147. The summed E-state index contributed by atoms with van der Waals surface area (Å²) in [5, 5.41) is 0.677. The summed E-state index contributed by atoms with van der Waals surface area (Å²) in [7, 11) is 0. The molecule has 1 atom stereocenters. The Morgan fingerprint density at radius 1 is 1.36 bits per heavy atom. The van der Waals surface area contributed by atoms with Crippen LogP contribution < -0.4 is 5.43 Å². The van der Waals surface area contributed by atoms with E-state index in [-0.39, 0.29) is 23.8 Å². The number of carbonyl (C=O) groups excluding carboxylic acids is 1. The molecule has 5 heteroatoms. The molecule has 0 saturated carbocycles. The van der Waals surface area contributed by atoms with Gasteiger partial charge in [0.25, 0.3) is 0 Å². The van der Waals surface area contributed by atoms with E-state index in [9.17, 15) is 9.59 Å². The Hall–Kier alpha value is -2.07. The monoisotopic (exact) mass is 316 g/mol. The van der Waals surface area contributed by atoms with Gasteiger partial charge in [-0.05, 0) is 30.5 Å². The second-order valence-electron chi connectivity index (χ2n) is 5.51. The van der Waals surface area contributed by atoms with Crippen LogP contribution in [-0.4, -0.2) is 22.3 Å². The molecule has 0 radical (unpaired) electrons. The Balaban J connectivity index is 1.80. The Morgan fingerprint density at radius 2 is 2.23 bits per heavy atom. The number of amides is 1. The van der Waals surface area contributed by atoms with Gasteiger partial charge >= 0.3 is 0 Å². The fraction of sp³-hybridized carbons (Fsp3) is 0.294. The first-order chi connectivity index (χ1) is 10.6. The van der Waals surface area contributed by atoms with Crippen molar-refractivity contribution in [1.82, 2.24) is 9.88 Å². The molecule has 2 heterocycles. The molecule has 0 aliphatic carbocycles. The maximum atomic E-state index is 12.6. The number of benzene rings is 1. The van der Waals surface area contributed by atoms with Crippen molar-refractivity contribution in [1.29, 1.82) is 0 Å². The molecule has 2 aromatic rings. The van der Waals surface area contributed by atoms with Crippen molar-refractivity contribution in [2.24, 2.45) is 0 Å². The van der Waals surface area contributed by atoms with Crippen LogP contribution in [0.4, 0.5) is 0 Å². The Kier molecular flexibility index (Phi) is 4.29. The minimum Gasteiger partial charge on any atom is -0.367 e. The van der Waals surface area contributed by atoms with E-state index < -0.39 is 0 Å². The molecule has 0 spiro atoms. The zero-order valence-electron chi connectivity index (χ0n) is 12.1. The average molecular weight is 317 g/mol. The van der Waals surface area contributed by atoms with Gasteiger partial charge in [0.2, 0.25) is 5.91 Å². The predicted molar refractivity (Wildman–Crippen MR) is 85.9 cm³/mol. The summed E-state index contributed by atoms with van der Waals surface area (Å²) in [4.78, 5) is 29.1. The molecule has 22 heavy (non-hydrogen) atoms. The average Bonchev–Trinajstić information content (AvgIpc) is 2.99. The molecule has 1 aliphatic heterocycles. The molecule has 1 saturated heterocycles. The van der Waals surface area contributed by atoms with Gasteiger partial charge in [-0.25, -0.2) is 0 Å². The van der Waals surface area contributed by atoms with Crippen LogP contribution >= 0.6 is 11.6 Å². The number of hydrogen-bond acceptors (Lipinski definition) is 2. The number of H-pyrrole nitrogens is 1. The second kappa shape index (κ2) is 6.36. The Morgan fingerprint density at radius 3 is 3.00 bits per heavy atom. The minimum atomic E-state index is -0.106. The molecule has 4 nitrogen and oxygen atoms in total. The van der Waals surface area contributed by atoms with Gasteiger partial charge in [0.15, 0.2) is 5.43 Å². The standard InChI is InChI=1S/C17H17ClN2O2/c18-14-4-1-3-12(9-14)15-5-2-8-20(15)17(22)10-13-11-19-7-6-16(13)21/h1,3-4,6-7,9,11,15H,2,5,8,10H2,(H,19,21). The number of hydrogen-bond donors (Lipinski definition) is 1. The third-order valence-electron chi connectivity index (χ3n) is 4.05. The van der Waals surface area contributed by atoms with E-state index in [1.54, 1.807) is 12.4 Å². The van der Waals surface area contributed by atoms with E-state index in [0.717, 1.165) is 24.9 Å². The quantitative estimate of drug-likeness (QED) is 0.946. The lowest BCUT2D eigenvalue weighted by Crippen LogP contribution is -2.33. The van der Waals surface area contributed by atoms with E-state index >= 15 is 0 Å². The third-order valence-corrected chi connectivity index (χ3v) is 4.29. The van der Waals surface area contributed by atoms with Gasteiger partial charge in [0.1, 0.15) is 0 Å². The number of rotatable bonds is 3. The Bertz CT molecular complexity index is 741. The van der Waals surface area contributed by atoms with Crippen LogP contribution in [0.5, 0.6) is 0 Å². The molecule has 0 bridgehead atoms. The molecule has 1 aromatic heterocycles. The number of nitrogens with zero attached hydrogens (tertiary/aromatic N) is 1. The van der Waals surface area contributed by atoms with Crippen LogP contribution in [0, 0.1) is 0 Å². The molecular weight excluding hydrogens is 300 g/mol. The van der Waals surface area contributed by atoms with Crippen LogP contribution in [0.25, 0.3) is 0 Å². The van der Waals surface area contributed by atoms with E-state index in [1.165, 1.54) is 6.07 Å². The number of aromatic nitrogens is 1. The lowest BCUT2D eigenvalue weighted by atomic mass is 10.0. The molecule has 3 rings (SSSR count). The van der Waals surface area contributed by atoms with Crippen molar-refractivity contribution in [3.8, 4) is 0 Å². The van der Waals surface area contributed by atoms with E-state index in [0.29, 0.717) is 10.6 Å². The summed E-state index contributed by atoms with van der Waals surface area (Å²) >= 11 is 6.05. The minimum absolute atomic E-state index is 0.0147. The topological polar surface area (TPSA) is 53.2 Å². The number of nitrogens with one attached hydrogen (secondary N) is 1. The van der Waals surface area contributed by atoms with E-state index in [4.69, 9.17) is 11.6 Å². The highest BCUT2D eigenvalue weighted by molar-refractivity contribution is 6.30. The number of carbonyl (C=O) groups is 1. The first-order valence-electron chi connectivity index (χ1n) is 7.36. The molecule has 1 N–H and O–H groups in total. The highest BCUT2D eigenvalue weighted by Crippen LogP contribution is 2.33. The lowest BCUT2D eigenvalue weighted by Gasteiger charge is -2.25. The summed E-state index contributed by atoms with van der Waals surface area (Å²) in [5.41, 5.74) is 1.45. The smallest absolute Gasteiger partial charge is 0.227 e. The van der Waals surface area contributed by atoms with E-state index in [1.807, 2.05) is 29.2 Å². The largest absolute Gasteiger partial charge is 0.367 e. The highest BCUT2D eigenvalue weighted by atomic mass is 35.5. The molecule has 1 amide bonds. The fourth-order valence-electron chi connectivity index (χ4n) is 2.98. The highest BCUT2D eigenvalue weighted by Gasteiger charge is 2.30. The van der Waals surface area contributed by atoms with Gasteiger partial charge in [-0.3, -0.25) is 9.59 Å². The van der Waals surface area contributed by atoms with Crippen molar-refractivity contribution < 1.29 is 4.79 Å². The third kappa shape index (κ3) is 3.07. The summed E-state index contributed by atoms with van der Waals surface area (Å²) in [6, 6.07) is 9.14. The van der Waals surface area contributed by atoms with Crippen LogP contribution in [0.1, 0.15) is 30.0 Å². The van der Waals surface area contributed by atoms with Gasteiger partial charge in [0, 0.05) is 35.6 Å². The van der Waals surface area contributed by atoms with Crippen molar-refractivity contribution >= 4 is 17.5 Å².